The lowest BCUT2D eigenvalue weighted by atomic mass is 9.93. The molecule has 1 N–H and O–H groups in total. The van der Waals surface area contributed by atoms with E-state index >= 15 is 0 Å². The van der Waals surface area contributed by atoms with Gasteiger partial charge in [0, 0.05) is 46.1 Å². The molecule has 1 aromatic carbocycles. The summed E-state index contributed by atoms with van der Waals surface area (Å²) in [6.45, 7) is 3.96. The highest BCUT2D eigenvalue weighted by Crippen LogP contribution is 2.31. The molecule has 2 saturated heterocycles. The Balaban J connectivity index is 1.04. The predicted molar refractivity (Wildman–Crippen MR) is 162 cm³/mol. The number of nitrogens with zero attached hydrogens (tertiary/aromatic N) is 7. The van der Waals surface area contributed by atoms with E-state index in [2.05, 4.69) is 39.1 Å². The van der Waals surface area contributed by atoms with Gasteiger partial charge in [0.15, 0.2) is 0 Å². The van der Waals surface area contributed by atoms with Crippen molar-refractivity contribution in [3.8, 4) is 17.5 Å². The second-order valence-corrected chi connectivity index (χ2v) is 13.8. The first-order chi connectivity index (χ1) is 21.3. The standard InChI is InChI=1S/C29H30ClFN8O4Si/c30-19-2-1-18(20(31)11-19)15-41-27-32-7-3-21(35-27)17-4-8-38(9-5-17)14-25-34-22-12-23(26-36-28(40)43-37-26)33-13-24(22)39(25)16-29(44)6-10-42-29/h1-3,7,11-13,17H,4-6,8-10,14-16H2,44H3,(H,36,37,40)/t29-/m1/s1. The topological polar surface area (TPSA) is 137 Å². The Morgan fingerprint density at radius 3 is 2.75 bits per heavy atom. The predicted octanol–water partition coefficient (Wildman–Crippen LogP) is 2.80. The van der Waals surface area contributed by atoms with Crippen molar-refractivity contribution in [2.75, 3.05) is 19.7 Å². The summed E-state index contributed by atoms with van der Waals surface area (Å²) in [4.78, 5) is 34.8. The molecule has 0 aliphatic carbocycles. The van der Waals surface area contributed by atoms with E-state index in [0.717, 1.165) is 78.3 Å². The minimum Gasteiger partial charge on any atom is -0.458 e. The zero-order chi connectivity index (χ0) is 30.3. The molecule has 0 amide bonds. The molecule has 5 aromatic rings. The van der Waals surface area contributed by atoms with Crippen molar-refractivity contribution in [3.63, 3.8) is 0 Å². The van der Waals surface area contributed by atoms with Crippen LogP contribution in [0.15, 0.2) is 52.0 Å². The Morgan fingerprint density at radius 1 is 1.18 bits per heavy atom. The summed E-state index contributed by atoms with van der Waals surface area (Å²) in [6, 6.07) is 8.47. The number of aromatic amines is 1. The summed E-state index contributed by atoms with van der Waals surface area (Å²) in [6.07, 6.45) is 6.34. The number of halogens is 2. The number of piperidine rings is 1. The molecule has 0 saturated carbocycles. The molecule has 2 aliphatic heterocycles. The summed E-state index contributed by atoms with van der Waals surface area (Å²) < 4.78 is 32.7. The van der Waals surface area contributed by atoms with Crippen molar-refractivity contribution >= 4 is 32.9 Å². The largest absolute Gasteiger partial charge is 0.458 e. The molecular weight excluding hydrogens is 607 g/mol. The molecule has 2 aliphatic rings. The molecule has 2 fully saturated rings. The maximum Gasteiger partial charge on any atom is 0.439 e. The molecule has 4 aromatic heterocycles. The van der Waals surface area contributed by atoms with Gasteiger partial charge in [-0.25, -0.2) is 19.2 Å². The smallest absolute Gasteiger partial charge is 0.439 e. The first-order valence-corrected chi connectivity index (χ1v) is 15.9. The molecule has 0 spiro atoms. The van der Waals surface area contributed by atoms with Gasteiger partial charge >= 0.3 is 11.8 Å². The Morgan fingerprint density at radius 2 is 2.02 bits per heavy atom. The van der Waals surface area contributed by atoms with E-state index in [4.69, 9.17) is 26.1 Å². The monoisotopic (exact) mass is 636 g/mol. The first-order valence-electron chi connectivity index (χ1n) is 14.5. The molecule has 12 nitrogen and oxygen atoms in total. The highest BCUT2D eigenvalue weighted by molar-refractivity contribution is 6.30. The molecule has 0 radical (unpaired) electrons. The highest BCUT2D eigenvalue weighted by atomic mass is 35.5. The SMILES string of the molecule is O=c1[nH]c(-c2cc3nc(CN4CCC(c5ccnc(OCc6ccc(Cl)cc6F)n5)CC4)n(C[C@]4([SiH3])CCO4)c3cn2)no1. The third-order valence-corrected chi connectivity index (χ3v) is 9.71. The lowest BCUT2D eigenvalue weighted by molar-refractivity contribution is -0.0947. The number of rotatable bonds is 9. The number of fused-ring (bicyclic) bond motifs is 1. The van der Waals surface area contributed by atoms with E-state index in [0.29, 0.717) is 22.8 Å². The zero-order valence-corrected chi connectivity index (χ0v) is 26.8. The van der Waals surface area contributed by atoms with Gasteiger partial charge in [0.05, 0.1) is 34.7 Å². The van der Waals surface area contributed by atoms with Gasteiger partial charge in [0.25, 0.3) is 0 Å². The third kappa shape index (κ3) is 6.02. The highest BCUT2D eigenvalue weighted by Gasteiger charge is 2.35. The summed E-state index contributed by atoms with van der Waals surface area (Å²) in [7, 11) is 0.910. The van der Waals surface area contributed by atoms with Crippen molar-refractivity contribution in [2.24, 2.45) is 0 Å². The average molecular weight is 637 g/mol. The lowest BCUT2D eigenvalue weighted by Crippen LogP contribution is -2.48. The Hall–Kier alpha value is -3.98. The number of imidazole rings is 1. The number of hydrogen-bond acceptors (Lipinski definition) is 10. The molecule has 15 heteroatoms. The van der Waals surface area contributed by atoms with Gasteiger partial charge in [-0.1, -0.05) is 22.8 Å². The summed E-state index contributed by atoms with van der Waals surface area (Å²) in [5, 5.41) is 3.99. The van der Waals surface area contributed by atoms with Crippen molar-refractivity contribution < 1.29 is 18.4 Å². The third-order valence-electron chi connectivity index (χ3n) is 8.37. The second kappa shape index (κ2) is 11.8. The maximum atomic E-state index is 14.2. The summed E-state index contributed by atoms with van der Waals surface area (Å²) >= 11 is 5.85. The molecule has 1 atom stereocenters. The number of hydrogen-bond donors (Lipinski definition) is 1. The Bertz CT molecular complexity index is 1870. The molecule has 0 bridgehead atoms. The molecule has 7 rings (SSSR count). The van der Waals surface area contributed by atoms with E-state index in [9.17, 15) is 9.18 Å². The second-order valence-electron chi connectivity index (χ2n) is 11.5. The summed E-state index contributed by atoms with van der Waals surface area (Å²) in [5.74, 6) is 0.424. The van der Waals surface area contributed by atoms with Crippen LogP contribution in [0.2, 0.25) is 5.02 Å². The number of pyridine rings is 1. The van der Waals surface area contributed by atoms with Crippen LogP contribution in [-0.4, -0.2) is 74.7 Å². The minimum absolute atomic E-state index is 0.0199. The van der Waals surface area contributed by atoms with E-state index in [1.807, 2.05) is 12.1 Å². The molecule has 228 valence electrons. The van der Waals surface area contributed by atoms with Crippen molar-refractivity contribution in [3.05, 3.63) is 81.2 Å². The zero-order valence-electron chi connectivity index (χ0n) is 24.0. The normalized spacial score (nSPS) is 19.4. The van der Waals surface area contributed by atoms with Crippen LogP contribution < -0.4 is 10.5 Å². The minimum atomic E-state index is -0.629. The number of ether oxygens (including phenoxy) is 2. The van der Waals surface area contributed by atoms with Crippen LogP contribution in [0.5, 0.6) is 6.01 Å². The number of H-pyrrole nitrogens is 1. The van der Waals surface area contributed by atoms with Gasteiger partial charge in [-0.05, 0) is 56.6 Å². The Kier molecular flexibility index (Phi) is 7.74. The van der Waals surface area contributed by atoms with Crippen LogP contribution in [-0.2, 0) is 24.4 Å². The quantitative estimate of drug-likeness (QED) is 0.241. The number of nitrogens with one attached hydrogen (secondary N) is 1. The number of benzene rings is 1. The van der Waals surface area contributed by atoms with Crippen LogP contribution in [0, 0.1) is 5.82 Å². The van der Waals surface area contributed by atoms with E-state index in [-0.39, 0.29) is 29.6 Å². The molecule has 6 heterocycles. The van der Waals surface area contributed by atoms with Gasteiger partial charge in [-0.3, -0.25) is 19.4 Å². The van der Waals surface area contributed by atoms with Crippen LogP contribution >= 0.6 is 11.6 Å². The Labute approximate surface area is 259 Å². The number of aromatic nitrogens is 7. The van der Waals surface area contributed by atoms with E-state index in [1.54, 1.807) is 24.5 Å². The van der Waals surface area contributed by atoms with Crippen molar-refractivity contribution in [1.29, 1.82) is 0 Å². The molecule has 0 unspecified atom stereocenters. The fourth-order valence-corrected chi connectivity index (χ4v) is 6.65. The fourth-order valence-electron chi connectivity index (χ4n) is 5.77. The van der Waals surface area contributed by atoms with Gasteiger partial charge in [0.1, 0.15) is 23.9 Å². The van der Waals surface area contributed by atoms with E-state index < -0.39 is 11.6 Å². The van der Waals surface area contributed by atoms with Crippen LogP contribution in [0.1, 0.15) is 42.3 Å². The van der Waals surface area contributed by atoms with E-state index in [1.165, 1.54) is 6.07 Å². The first kappa shape index (κ1) is 28.8. The van der Waals surface area contributed by atoms with Crippen LogP contribution in [0.4, 0.5) is 4.39 Å². The fraction of sp³-hybridized carbons (Fsp3) is 0.379. The van der Waals surface area contributed by atoms with Gasteiger partial charge in [-0.2, -0.15) is 4.98 Å². The van der Waals surface area contributed by atoms with Gasteiger partial charge < -0.3 is 14.0 Å². The molecular formula is C29H30ClFN8O4Si. The van der Waals surface area contributed by atoms with Gasteiger partial charge in [0.2, 0.25) is 5.82 Å². The average Bonchev–Trinajstić information content (AvgIpc) is 3.59. The van der Waals surface area contributed by atoms with Crippen molar-refractivity contribution in [2.45, 2.75) is 50.1 Å². The van der Waals surface area contributed by atoms with Gasteiger partial charge in [-0.15, -0.1) is 0 Å². The summed E-state index contributed by atoms with van der Waals surface area (Å²) in [5.41, 5.74) is 3.50. The maximum absolute atomic E-state index is 14.2. The lowest BCUT2D eigenvalue weighted by Gasteiger charge is -2.40. The molecule has 44 heavy (non-hydrogen) atoms. The van der Waals surface area contributed by atoms with Crippen LogP contribution in [0.3, 0.4) is 0 Å². The number of likely N-dealkylation sites (tertiary alicyclic amines) is 1. The van der Waals surface area contributed by atoms with Crippen LogP contribution in [0.25, 0.3) is 22.6 Å². The van der Waals surface area contributed by atoms with Crippen molar-refractivity contribution in [1.82, 2.24) is 39.5 Å².